The van der Waals surface area contributed by atoms with E-state index < -0.39 is 0 Å². The third-order valence-electron chi connectivity index (χ3n) is 4.95. The van der Waals surface area contributed by atoms with Gasteiger partial charge in [0.05, 0.1) is 23.8 Å². The molecule has 1 saturated heterocycles. The molecule has 2 N–H and O–H groups in total. The highest BCUT2D eigenvalue weighted by Crippen LogP contribution is 2.22. The number of hydrogen-bond acceptors (Lipinski definition) is 7. The largest absolute Gasteiger partial charge is 0.444 e. The van der Waals surface area contributed by atoms with Crippen LogP contribution in [0.5, 0.6) is 0 Å². The number of hydrogen-bond donors (Lipinski definition) is 2. The fraction of sp³-hybridized carbons (Fsp3) is 0.529. The highest BCUT2D eigenvalue weighted by atomic mass is 16.4. The molecule has 0 spiro atoms. The van der Waals surface area contributed by atoms with Crippen LogP contribution in [0.15, 0.2) is 16.9 Å². The van der Waals surface area contributed by atoms with Crippen LogP contribution in [0.2, 0.25) is 0 Å². The van der Waals surface area contributed by atoms with E-state index in [1.54, 1.807) is 12.5 Å². The van der Waals surface area contributed by atoms with Gasteiger partial charge < -0.3 is 9.73 Å². The molecule has 0 aromatic carbocycles. The van der Waals surface area contributed by atoms with Crippen molar-refractivity contribution < 1.29 is 4.42 Å². The first-order chi connectivity index (χ1) is 12.2. The number of likely N-dealkylation sites (tertiary alicyclic amines) is 1. The Morgan fingerprint density at radius 1 is 1.28 bits per heavy atom. The second kappa shape index (κ2) is 6.79. The van der Waals surface area contributed by atoms with E-state index in [-0.39, 0.29) is 0 Å². The summed E-state index contributed by atoms with van der Waals surface area (Å²) < 4.78 is 5.69. The van der Waals surface area contributed by atoms with Gasteiger partial charge in [-0.25, -0.2) is 15.0 Å². The number of nitrogens with zero attached hydrogens (tertiary/aromatic N) is 5. The number of fused-ring (bicyclic) bond motifs is 1. The molecular weight excluding hydrogens is 318 g/mol. The minimum Gasteiger partial charge on any atom is -0.444 e. The number of nitrogens with one attached hydrogen (secondary N) is 2. The maximum atomic E-state index is 5.69. The average Bonchev–Trinajstić information content (AvgIpc) is 3.21. The van der Waals surface area contributed by atoms with E-state index >= 15 is 0 Å². The Morgan fingerprint density at radius 3 is 2.88 bits per heavy atom. The Bertz CT molecular complexity index is 828. The molecule has 1 aliphatic heterocycles. The number of aromatic amines is 1. The van der Waals surface area contributed by atoms with Crippen molar-refractivity contribution in [2.75, 3.05) is 25.0 Å². The molecule has 1 fully saturated rings. The molecule has 0 atom stereocenters. The summed E-state index contributed by atoms with van der Waals surface area (Å²) in [5, 5.41) is 11.3. The molecule has 3 aromatic heterocycles. The van der Waals surface area contributed by atoms with Crippen LogP contribution in [-0.2, 0) is 6.54 Å². The van der Waals surface area contributed by atoms with Gasteiger partial charge in [-0.15, -0.1) is 0 Å². The van der Waals surface area contributed by atoms with Gasteiger partial charge in [-0.3, -0.25) is 10.00 Å². The first-order valence-corrected chi connectivity index (χ1v) is 8.72. The van der Waals surface area contributed by atoms with Crippen molar-refractivity contribution in [1.82, 2.24) is 30.0 Å². The molecule has 8 heteroatoms. The summed E-state index contributed by atoms with van der Waals surface area (Å²) in [5.41, 5.74) is 1.76. The zero-order chi connectivity index (χ0) is 17.2. The Balaban J connectivity index is 1.28. The summed E-state index contributed by atoms with van der Waals surface area (Å²) in [7, 11) is 0. The monoisotopic (exact) mass is 341 g/mol. The zero-order valence-corrected chi connectivity index (χ0v) is 14.6. The number of aryl methyl sites for hydroxylation is 2. The predicted molar refractivity (Wildman–Crippen MR) is 94.2 cm³/mol. The van der Waals surface area contributed by atoms with Crippen LogP contribution < -0.4 is 5.32 Å². The summed E-state index contributed by atoms with van der Waals surface area (Å²) in [6, 6.07) is 0. The summed E-state index contributed by atoms with van der Waals surface area (Å²) in [6.07, 6.45) is 5.64. The number of anilines is 1. The van der Waals surface area contributed by atoms with E-state index in [0.29, 0.717) is 5.92 Å². The smallest absolute Gasteiger partial charge is 0.208 e. The maximum Gasteiger partial charge on any atom is 0.208 e. The molecule has 0 aliphatic carbocycles. The first-order valence-electron chi connectivity index (χ1n) is 8.72. The molecule has 132 valence electrons. The summed E-state index contributed by atoms with van der Waals surface area (Å²) in [6.45, 7) is 7.81. The third-order valence-corrected chi connectivity index (χ3v) is 4.95. The van der Waals surface area contributed by atoms with Crippen molar-refractivity contribution in [2.24, 2.45) is 5.92 Å². The van der Waals surface area contributed by atoms with Crippen molar-refractivity contribution in [3.05, 3.63) is 29.9 Å². The zero-order valence-electron chi connectivity index (χ0n) is 14.6. The van der Waals surface area contributed by atoms with Crippen molar-refractivity contribution in [2.45, 2.75) is 33.2 Å². The van der Waals surface area contributed by atoms with Crippen molar-refractivity contribution >= 4 is 16.9 Å². The quantitative estimate of drug-likeness (QED) is 0.735. The van der Waals surface area contributed by atoms with Crippen molar-refractivity contribution in [3.8, 4) is 0 Å². The van der Waals surface area contributed by atoms with E-state index in [1.165, 1.54) is 0 Å². The number of piperidine rings is 1. The molecule has 3 aromatic rings. The SMILES string of the molecule is Cc1nc(CN2CCC(CNc3ncnc4[nH]ncc34)CC2)oc1C. The van der Waals surface area contributed by atoms with Crippen LogP contribution in [0, 0.1) is 19.8 Å². The second-order valence-corrected chi connectivity index (χ2v) is 6.70. The average molecular weight is 341 g/mol. The van der Waals surface area contributed by atoms with Gasteiger partial charge >= 0.3 is 0 Å². The van der Waals surface area contributed by atoms with Gasteiger partial charge in [0, 0.05) is 6.54 Å². The van der Waals surface area contributed by atoms with Crippen LogP contribution >= 0.6 is 0 Å². The fourth-order valence-corrected chi connectivity index (χ4v) is 3.29. The van der Waals surface area contributed by atoms with Gasteiger partial charge in [0.15, 0.2) is 5.65 Å². The lowest BCUT2D eigenvalue weighted by Gasteiger charge is -2.31. The molecule has 8 nitrogen and oxygen atoms in total. The van der Waals surface area contributed by atoms with Crippen molar-refractivity contribution in [1.29, 1.82) is 0 Å². The predicted octanol–water partition coefficient (Wildman–Crippen LogP) is 2.28. The van der Waals surface area contributed by atoms with Gasteiger partial charge in [0.25, 0.3) is 0 Å². The van der Waals surface area contributed by atoms with Crippen LogP contribution in [0.4, 0.5) is 5.82 Å². The number of H-pyrrole nitrogens is 1. The van der Waals surface area contributed by atoms with Gasteiger partial charge in [-0.05, 0) is 45.7 Å². The maximum absolute atomic E-state index is 5.69. The van der Waals surface area contributed by atoms with Crippen LogP contribution in [0.3, 0.4) is 0 Å². The summed E-state index contributed by atoms with van der Waals surface area (Å²) in [5.74, 6) is 3.24. The molecule has 0 unspecified atom stereocenters. The first kappa shape index (κ1) is 16.0. The molecule has 0 saturated carbocycles. The standard InChI is InChI=1S/C17H23N7O/c1-11-12(2)25-15(22-11)9-24-5-3-13(4-6-24)7-18-16-14-8-21-23-17(14)20-10-19-16/h8,10,13H,3-7,9H2,1-2H3,(H2,18,19,20,21,23). The number of oxazole rings is 1. The fourth-order valence-electron chi connectivity index (χ4n) is 3.29. The van der Waals surface area contributed by atoms with Crippen molar-refractivity contribution in [3.63, 3.8) is 0 Å². The molecule has 1 aliphatic rings. The molecule has 4 rings (SSSR count). The van der Waals surface area contributed by atoms with Crippen LogP contribution in [-0.4, -0.2) is 49.7 Å². The Hall–Kier alpha value is -2.48. The lowest BCUT2D eigenvalue weighted by molar-refractivity contribution is 0.167. The van der Waals surface area contributed by atoms with Gasteiger partial charge in [0.1, 0.15) is 17.9 Å². The normalized spacial score (nSPS) is 16.6. The highest BCUT2D eigenvalue weighted by Gasteiger charge is 2.21. The lowest BCUT2D eigenvalue weighted by atomic mass is 9.97. The Morgan fingerprint density at radius 2 is 2.12 bits per heavy atom. The number of rotatable bonds is 5. The molecule has 0 amide bonds. The van der Waals surface area contributed by atoms with E-state index in [9.17, 15) is 0 Å². The molecule has 0 radical (unpaired) electrons. The highest BCUT2D eigenvalue weighted by molar-refractivity contribution is 5.85. The van der Waals surface area contributed by atoms with Gasteiger partial charge in [-0.2, -0.15) is 5.10 Å². The summed E-state index contributed by atoms with van der Waals surface area (Å²) in [4.78, 5) is 15.4. The van der Waals surface area contributed by atoms with Crippen LogP contribution in [0.25, 0.3) is 11.0 Å². The topological polar surface area (TPSA) is 95.8 Å². The van der Waals surface area contributed by atoms with Gasteiger partial charge in [0.2, 0.25) is 5.89 Å². The molecule has 25 heavy (non-hydrogen) atoms. The summed E-state index contributed by atoms with van der Waals surface area (Å²) >= 11 is 0. The van der Waals surface area contributed by atoms with E-state index in [2.05, 4.69) is 35.4 Å². The van der Waals surface area contributed by atoms with E-state index in [0.717, 1.165) is 73.2 Å². The minimum absolute atomic E-state index is 0.640. The minimum atomic E-state index is 0.640. The van der Waals surface area contributed by atoms with E-state index in [1.807, 2.05) is 13.8 Å². The molecule has 4 heterocycles. The van der Waals surface area contributed by atoms with E-state index in [4.69, 9.17) is 4.42 Å². The number of aromatic nitrogens is 5. The van der Waals surface area contributed by atoms with Gasteiger partial charge in [-0.1, -0.05) is 0 Å². The third kappa shape index (κ3) is 3.48. The Labute approximate surface area is 146 Å². The molecule has 0 bridgehead atoms. The second-order valence-electron chi connectivity index (χ2n) is 6.70. The Kier molecular flexibility index (Phi) is 4.35. The lowest BCUT2D eigenvalue weighted by Crippen LogP contribution is -2.35. The van der Waals surface area contributed by atoms with Crippen LogP contribution in [0.1, 0.15) is 30.2 Å². The molecular formula is C17H23N7O.